The molecule has 3 aromatic rings. The van der Waals surface area contributed by atoms with E-state index < -0.39 is 12.1 Å². The first kappa shape index (κ1) is 23.0. The van der Waals surface area contributed by atoms with E-state index in [0.29, 0.717) is 17.1 Å². The topological polar surface area (TPSA) is 89.9 Å². The lowest BCUT2D eigenvalue weighted by molar-refractivity contribution is -0.125. The molecule has 0 radical (unpaired) electrons. The van der Waals surface area contributed by atoms with Gasteiger partial charge in [0.2, 0.25) is 5.91 Å². The highest BCUT2D eigenvalue weighted by molar-refractivity contribution is 6.30. The molecule has 1 aliphatic rings. The van der Waals surface area contributed by atoms with Crippen molar-refractivity contribution in [1.82, 2.24) is 10.2 Å². The summed E-state index contributed by atoms with van der Waals surface area (Å²) in [6.07, 6.45) is -0.560. The maximum Gasteiger partial charge on any atom is 0.254 e. The number of β-amino-alcohol motifs (C(OH)–C–C–N with tert-alkyl or cyclic N) is 1. The minimum atomic E-state index is -0.755. The zero-order chi connectivity index (χ0) is 23.4. The van der Waals surface area contributed by atoms with Gasteiger partial charge in [-0.3, -0.25) is 9.59 Å². The minimum absolute atomic E-state index is 0.0302. The third-order valence-electron chi connectivity index (χ3n) is 5.80. The number of benzene rings is 3. The molecule has 170 valence electrons. The van der Waals surface area contributed by atoms with Gasteiger partial charge in [-0.15, -0.1) is 0 Å². The van der Waals surface area contributed by atoms with Crippen LogP contribution in [0.3, 0.4) is 0 Å². The summed E-state index contributed by atoms with van der Waals surface area (Å²) in [5.74, 6) is -0.599. The summed E-state index contributed by atoms with van der Waals surface area (Å²) in [6, 6.07) is 21.1. The van der Waals surface area contributed by atoms with Gasteiger partial charge in [0.15, 0.2) is 0 Å². The summed E-state index contributed by atoms with van der Waals surface area (Å²) in [7, 11) is 0. The predicted molar refractivity (Wildman–Crippen MR) is 127 cm³/mol. The fourth-order valence-corrected chi connectivity index (χ4v) is 4.12. The van der Waals surface area contributed by atoms with Crippen molar-refractivity contribution in [2.45, 2.75) is 31.7 Å². The van der Waals surface area contributed by atoms with Crippen LogP contribution < -0.4 is 5.32 Å². The number of hydrogen-bond acceptors (Lipinski definition) is 4. The monoisotopic (exact) mass is 464 g/mol. The van der Waals surface area contributed by atoms with Crippen LogP contribution in [-0.2, 0) is 17.9 Å². The molecule has 0 bridgehead atoms. The number of carbonyl (C=O) groups is 2. The fourth-order valence-electron chi connectivity index (χ4n) is 4.00. The summed E-state index contributed by atoms with van der Waals surface area (Å²) in [6.45, 7) is 0.384. The molecule has 2 amide bonds. The quantitative estimate of drug-likeness (QED) is 0.521. The Morgan fingerprint density at radius 1 is 0.970 bits per heavy atom. The third-order valence-corrected chi connectivity index (χ3v) is 6.05. The smallest absolute Gasteiger partial charge is 0.254 e. The number of aliphatic hydroxyl groups excluding tert-OH is 2. The second kappa shape index (κ2) is 10.2. The first-order chi connectivity index (χ1) is 15.9. The lowest BCUT2D eigenvalue weighted by atomic mass is 10.0. The van der Waals surface area contributed by atoms with Gasteiger partial charge in [0.1, 0.15) is 6.04 Å². The highest BCUT2D eigenvalue weighted by Gasteiger charge is 2.39. The Hall–Kier alpha value is -3.19. The minimum Gasteiger partial charge on any atom is -0.392 e. The number of likely N-dealkylation sites (tertiary alicyclic amines) is 1. The van der Waals surface area contributed by atoms with Gasteiger partial charge < -0.3 is 20.4 Å². The average molecular weight is 465 g/mol. The predicted octanol–water partition coefficient (Wildman–Crippen LogP) is 3.39. The van der Waals surface area contributed by atoms with E-state index in [1.54, 1.807) is 30.3 Å². The Labute approximate surface area is 197 Å². The van der Waals surface area contributed by atoms with E-state index >= 15 is 0 Å². The number of nitrogens with one attached hydrogen (secondary N) is 1. The Kier molecular flexibility index (Phi) is 7.08. The van der Waals surface area contributed by atoms with Gasteiger partial charge in [0.25, 0.3) is 5.91 Å². The molecule has 6 nitrogen and oxygen atoms in total. The lowest BCUT2D eigenvalue weighted by Gasteiger charge is -2.24. The molecule has 0 saturated carbocycles. The van der Waals surface area contributed by atoms with Crippen LogP contribution in [-0.4, -0.2) is 45.6 Å². The van der Waals surface area contributed by atoms with Crippen LogP contribution in [0, 0.1) is 0 Å². The van der Waals surface area contributed by atoms with Crippen molar-refractivity contribution >= 4 is 23.4 Å². The summed E-state index contributed by atoms with van der Waals surface area (Å²) < 4.78 is 0. The molecule has 4 rings (SSSR count). The second-order valence-corrected chi connectivity index (χ2v) is 8.58. The van der Waals surface area contributed by atoms with Crippen LogP contribution in [0.4, 0.5) is 0 Å². The molecule has 1 saturated heterocycles. The van der Waals surface area contributed by atoms with Gasteiger partial charge in [0.05, 0.1) is 12.7 Å². The summed E-state index contributed by atoms with van der Waals surface area (Å²) >= 11 is 5.90. The van der Waals surface area contributed by atoms with E-state index in [4.69, 9.17) is 11.6 Å². The molecule has 0 aliphatic carbocycles. The van der Waals surface area contributed by atoms with Crippen LogP contribution in [0.25, 0.3) is 11.1 Å². The number of nitrogens with zero attached hydrogens (tertiary/aromatic N) is 1. The number of hydrogen-bond donors (Lipinski definition) is 3. The van der Waals surface area contributed by atoms with Crippen LogP contribution in [0.2, 0.25) is 5.02 Å². The molecular formula is C26H25ClN2O4. The lowest BCUT2D eigenvalue weighted by Crippen LogP contribution is -2.45. The van der Waals surface area contributed by atoms with E-state index in [1.165, 1.54) is 4.90 Å². The highest BCUT2D eigenvalue weighted by Crippen LogP contribution is 2.25. The third kappa shape index (κ3) is 5.42. The van der Waals surface area contributed by atoms with Crippen molar-refractivity contribution in [3.63, 3.8) is 0 Å². The van der Waals surface area contributed by atoms with Crippen molar-refractivity contribution in [1.29, 1.82) is 0 Å². The Balaban J connectivity index is 1.48. The van der Waals surface area contributed by atoms with Crippen molar-refractivity contribution in [3.05, 3.63) is 94.5 Å². The van der Waals surface area contributed by atoms with Gasteiger partial charge in [-0.2, -0.15) is 0 Å². The average Bonchev–Trinajstić information content (AvgIpc) is 3.25. The summed E-state index contributed by atoms with van der Waals surface area (Å²) in [5, 5.41) is 22.9. The first-order valence-corrected chi connectivity index (χ1v) is 11.1. The number of rotatable bonds is 6. The van der Waals surface area contributed by atoms with Gasteiger partial charge >= 0.3 is 0 Å². The fraction of sp³-hybridized carbons (Fsp3) is 0.231. The number of amides is 2. The normalized spacial score (nSPS) is 17.7. The van der Waals surface area contributed by atoms with E-state index in [-0.39, 0.29) is 31.4 Å². The molecule has 1 fully saturated rings. The van der Waals surface area contributed by atoms with Crippen molar-refractivity contribution in [2.24, 2.45) is 0 Å². The van der Waals surface area contributed by atoms with Gasteiger partial charge in [0, 0.05) is 30.1 Å². The van der Waals surface area contributed by atoms with Gasteiger partial charge in [-0.05, 0) is 46.5 Å². The van der Waals surface area contributed by atoms with Gasteiger partial charge in [-0.1, -0.05) is 60.1 Å². The molecule has 0 aromatic heterocycles. The number of carbonyl (C=O) groups excluding carboxylic acids is 2. The molecule has 2 unspecified atom stereocenters. The molecule has 1 aliphatic heterocycles. The molecule has 2 atom stereocenters. The van der Waals surface area contributed by atoms with Crippen molar-refractivity contribution in [3.8, 4) is 11.1 Å². The standard InChI is InChI=1S/C26H25ClN2O4/c27-22-10-6-17(7-11-22)14-28-25(32)24-13-23(31)15-29(24)26(33)21-3-1-2-20(12-21)19-8-4-18(16-30)5-9-19/h1-12,23-24,30-31H,13-16H2,(H,28,32). The molecular weight excluding hydrogens is 440 g/mol. The van der Waals surface area contributed by atoms with E-state index in [0.717, 1.165) is 22.3 Å². The zero-order valence-electron chi connectivity index (χ0n) is 17.9. The molecule has 0 spiro atoms. The van der Waals surface area contributed by atoms with E-state index in [2.05, 4.69) is 5.32 Å². The maximum absolute atomic E-state index is 13.3. The van der Waals surface area contributed by atoms with Crippen molar-refractivity contribution in [2.75, 3.05) is 6.54 Å². The SMILES string of the molecule is O=C(NCc1ccc(Cl)cc1)C1CC(O)CN1C(=O)c1cccc(-c2ccc(CO)cc2)c1. The Morgan fingerprint density at radius 2 is 1.67 bits per heavy atom. The molecule has 1 heterocycles. The van der Waals surface area contributed by atoms with E-state index in [1.807, 2.05) is 42.5 Å². The van der Waals surface area contributed by atoms with Crippen LogP contribution in [0.5, 0.6) is 0 Å². The van der Waals surface area contributed by atoms with E-state index in [9.17, 15) is 19.8 Å². The molecule has 3 aromatic carbocycles. The largest absolute Gasteiger partial charge is 0.392 e. The zero-order valence-corrected chi connectivity index (χ0v) is 18.7. The molecule has 7 heteroatoms. The highest BCUT2D eigenvalue weighted by atomic mass is 35.5. The van der Waals surface area contributed by atoms with Crippen LogP contribution in [0.1, 0.15) is 27.9 Å². The second-order valence-electron chi connectivity index (χ2n) is 8.14. The Morgan fingerprint density at radius 3 is 2.36 bits per heavy atom. The summed E-state index contributed by atoms with van der Waals surface area (Å²) in [5.41, 5.74) is 3.92. The molecule has 33 heavy (non-hydrogen) atoms. The number of halogens is 1. The van der Waals surface area contributed by atoms with Gasteiger partial charge in [-0.25, -0.2) is 0 Å². The first-order valence-electron chi connectivity index (χ1n) is 10.8. The molecule has 3 N–H and O–H groups in total. The van der Waals surface area contributed by atoms with Crippen molar-refractivity contribution < 1.29 is 19.8 Å². The van der Waals surface area contributed by atoms with Crippen LogP contribution >= 0.6 is 11.6 Å². The Bertz CT molecular complexity index is 1130. The number of aliphatic hydroxyl groups is 2. The van der Waals surface area contributed by atoms with Crippen LogP contribution in [0.15, 0.2) is 72.8 Å². The maximum atomic E-state index is 13.3. The summed E-state index contributed by atoms with van der Waals surface area (Å²) in [4.78, 5) is 27.6.